The fourth-order valence-corrected chi connectivity index (χ4v) is 5.07. The summed E-state index contributed by atoms with van der Waals surface area (Å²) in [5, 5.41) is 3.32. The number of para-hydroxylation sites is 3. The number of nitrogens with zero attached hydrogens (tertiary/aromatic N) is 3. The molecule has 2 aromatic heterocycles. The summed E-state index contributed by atoms with van der Waals surface area (Å²) in [5.74, 6) is 0.884. The minimum Gasteiger partial charge on any atom is -0.399 e. The van der Waals surface area contributed by atoms with Crippen molar-refractivity contribution in [3.63, 3.8) is 0 Å². The van der Waals surface area contributed by atoms with Crippen molar-refractivity contribution in [3.8, 4) is 11.4 Å². The molecule has 0 radical (unpaired) electrons. The van der Waals surface area contributed by atoms with Gasteiger partial charge in [-0.3, -0.25) is 4.40 Å². The van der Waals surface area contributed by atoms with E-state index in [0.29, 0.717) is 0 Å². The van der Waals surface area contributed by atoms with Gasteiger partial charge in [-0.2, -0.15) is 0 Å². The number of aromatic nitrogens is 3. The quantitative estimate of drug-likeness (QED) is 0.284. The van der Waals surface area contributed by atoms with E-state index in [1.807, 2.05) is 24.3 Å². The van der Waals surface area contributed by atoms with Gasteiger partial charge in [0, 0.05) is 10.9 Å². The van der Waals surface area contributed by atoms with Crippen LogP contribution < -0.4 is 5.46 Å². The van der Waals surface area contributed by atoms with Crippen LogP contribution in [0.4, 0.5) is 0 Å². The topological polar surface area (TPSA) is 48.7 Å². The Labute approximate surface area is 209 Å². The third-order valence-corrected chi connectivity index (χ3v) is 7.79. The van der Waals surface area contributed by atoms with Gasteiger partial charge >= 0.3 is 7.12 Å². The average molecular weight is 471 g/mol. The molecule has 0 atom stereocenters. The van der Waals surface area contributed by atoms with Crippen molar-refractivity contribution >= 4 is 50.9 Å². The van der Waals surface area contributed by atoms with E-state index in [4.69, 9.17) is 19.3 Å². The van der Waals surface area contributed by atoms with Crippen LogP contribution in [0.2, 0.25) is 0 Å². The van der Waals surface area contributed by atoms with Crippen LogP contribution in [0.5, 0.6) is 0 Å². The van der Waals surface area contributed by atoms with E-state index in [2.05, 4.69) is 92.8 Å². The Balaban J connectivity index is 1.39. The van der Waals surface area contributed by atoms with Crippen LogP contribution in [0.1, 0.15) is 27.7 Å². The highest BCUT2D eigenvalue weighted by molar-refractivity contribution is 6.62. The molecule has 7 rings (SSSR count). The molecule has 1 aliphatic heterocycles. The average Bonchev–Trinajstić information content (AvgIpc) is 3.37. The molecule has 176 valence electrons. The van der Waals surface area contributed by atoms with Crippen LogP contribution >= 0.6 is 0 Å². The molecule has 0 saturated carbocycles. The molecule has 0 bridgehead atoms. The third-order valence-electron chi connectivity index (χ3n) is 7.79. The first-order valence-electron chi connectivity index (χ1n) is 12.4. The third kappa shape index (κ3) is 3.11. The van der Waals surface area contributed by atoms with E-state index in [1.54, 1.807) is 0 Å². The first-order chi connectivity index (χ1) is 17.3. The minimum atomic E-state index is -0.377. The molecule has 0 aliphatic carbocycles. The highest BCUT2D eigenvalue weighted by Crippen LogP contribution is 2.37. The van der Waals surface area contributed by atoms with Crippen molar-refractivity contribution in [2.45, 2.75) is 38.9 Å². The van der Waals surface area contributed by atoms with Crippen LogP contribution in [0.25, 0.3) is 49.7 Å². The first-order valence-corrected chi connectivity index (χ1v) is 12.4. The summed E-state index contributed by atoms with van der Waals surface area (Å²) < 4.78 is 14.7. The molecule has 36 heavy (non-hydrogen) atoms. The molecule has 1 fully saturated rings. The molecule has 1 aliphatic rings. The van der Waals surface area contributed by atoms with Crippen molar-refractivity contribution in [2.24, 2.45) is 0 Å². The molecule has 6 aromatic rings. The molecule has 6 heteroatoms. The number of rotatable bonds is 2. The molecule has 4 aromatic carbocycles. The second-order valence-electron chi connectivity index (χ2n) is 10.6. The number of hydrogen-bond donors (Lipinski definition) is 0. The van der Waals surface area contributed by atoms with Gasteiger partial charge in [-0.1, -0.05) is 54.6 Å². The molecule has 1 saturated heterocycles. The smallest absolute Gasteiger partial charge is 0.399 e. The van der Waals surface area contributed by atoms with E-state index in [9.17, 15) is 0 Å². The Morgan fingerprint density at radius 1 is 0.694 bits per heavy atom. The summed E-state index contributed by atoms with van der Waals surface area (Å²) in [7, 11) is -0.377. The highest BCUT2D eigenvalue weighted by Gasteiger charge is 2.51. The standard InChI is InChI=1S/C30H26BN3O2/c1-29(2)30(3,4)36-31(35-29)22-16-15-19-17-21(14-13-20(19)18-22)27-32-24-10-6-5-9-23(24)28-33-25-11-7-8-12-26(25)34(27)28/h5-18H,1-4H3. The zero-order valence-electron chi connectivity index (χ0n) is 20.8. The van der Waals surface area contributed by atoms with Crippen molar-refractivity contribution in [1.82, 2.24) is 14.4 Å². The summed E-state index contributed by atoms with van der Waals surface area (Å²) in [6, 6.07) is 29.3. The Morgan fingerprint density at radius 3 is 2.17 bits per heavy atom. The molecule has 0 unspecified atom stereocenters. The van der Waals surface area contributed by atoms with Crippen LogP contribution in [0, 0.1) is 0 Å². The van der Waals surface area contributed by atoms with E-state index >= 15 is 0 Å². The van der Waals surface area contributed by atoms with Gasteiger partial charge < -0.3 is 9.31 Å². The normalized spacial score (nSPS) is 17.1. The van der Waals surface area contributed by atoms with Crippen LogP contribution in [0.3, 0.4) is 0 Å². The minimum absolute atomic E-state index is 0.364. The van der Waals surface area contributed by atoms with Gasteiger partial charge in [0.15, 0.2) is 0 Å². The molecule has 0 spiro atoms. The summed E-state index contributed by atoms with van der Waals surface area (Å²) >= 11 is 0. The first kappa shape index (κ1) is 21.5. The summed E-state index contributed by atoms with van der Waals surface area (Å²) in [5.41, 5.74) is 5.22. The van der Waals surface area contributed by atoms with Gasteiger partial charge in [-0.05, 0) is 74.3 Å². The summed E-state index contributed by atoms with van der Waals surface area (Å²) in [6.07, 6.45) is 0. The van der Waals surface area contributed by atoms with Crippen molar-refractivity contribution in [1.29, 1.82) is 0 Å². The van der Waals surface area contributed by atoms with Gasteiger partial charge in [0.1, 0.15) is 11.5 Å². The zero-order chi connectivity index (χ0) is 24.7. The Hall–Kier alpha value is -3.74. The maximum absolute atomic E-state index is 6.27. The summed E-state index contributed by atoms with van der Waals surface area (Å²) in [4.78, 5) is 10.1. The van der Waals surface area contributed by atoms with Gasteiger partial charge in [-0.15, -0.1) is 0 Å². The zero-order valence-corrected chi connectivity index (χ0v) is 20.8. The molecular formula is C30H26BN3O2. The number of imidazole rings is 1. The molecule has 0 amide bonds. The number of benzene rings is 4. The van der Waals surface area contributed by atoms with Gasteiger partial charge in [-0.25, -0.2) is 9.97 Å². The Morgan fingerprint density at radius 2 is 1.36 bits per heavy atom. The van der Waals surface area contributed by atoms with Gasteiger partial charge in [0.05, 0.1) is 27.8 Å². The fourth-order valence-electron chi connectivity index (χ4n) is 5.07. The molecule has 5 nitrogen and oxygen atoms in total. The monoisotopic (exact) mass is 471 g/mol. The lowest BCUT2D eigenvalue weighted by molar-refractivity contribution is 0.00578. The maximum Gasteiger partial charge on any atom is 0.494 e. The van der Waals surface area contributed by atoms with Gasteiger partial charge in [0.2, 0.25) is 0 Å². The second-order valence-corrected chi connectivity index (χ2v) is 10.6. The van der Waals surface area contributed by atoms with Crippen molar-refractivity contribution in [3.05, 3.63) is 84.9 Å². The number of fused-ring (bicyclic) bond motifs is 6. The lowest BCUT2D eigenvalue weighted by Crippen LogP contribution is -2.41. The van der Waals surface area contributed by atoms with E-state index in [0.717, 1.165) is 55.2 Å². The molecule has 3 heterocycles. The van der Waals surface area contributed by atoms with Crippen LogP contribution in [-0.2, 0) is 9.31 Å². The lowest BCUT2D eigenvalue weighted by atomic mass is 9.78. The maximum atomic E-state index is 6.27. The van der Waals surface area contributed by atoms with Crippen molar-refractivity contribution in [2.75, 3.05) is 0 Å². The van der Waals surface area contributed by atoms with Crippen LogP contribution in [-0.4, -0.2) is 32.7 Å². The lowest BCUT2D eigenvalue weighted by Gasteiger charge is -2.32. The largest absolute Gasteiger partial charge is 0.494 e. The molecular weight excluding hydrogens is 445 g/mol. The van der Waals surface area contributed by atoms with E-state index in [1.165, 1.54) is 0 Å². The Bertz CT molecular complexity index is 1810. The van der Waals surface area contributed by atoms with Crippen LogP contribution in [0.15, 0.2) is 84.9 Å². The number of hydrogen-bond acceptors (Lipinski definition) is 4. The van der Waals surface area contributed by atoms with E-state index in [-0.39, 0.29) is 18.3 Å². The highest BCUT2D eigenvalue weighted by atomic mass is 16.7. The Kier molecular flexibility index (Phi) is 4.42. The predicted molar refractivity (Wildman–Crippen MR) is 147 cm³/mol. The second kappa shape index (κ2) is 7.39. The predicted octanol–water partition coefficient (Wildman–Crippen LogP) is 6.16. The molecule has 0 N–H and O–H groups in total. The SMILES string of the molecule is CC1(C)OB(c2ccc3cc(-c4nc5ccccc5c5nc6ccccc6n45)ccc3c2)OC1(C)C. The van der Waals surface area contributed by atoms with E-state index < -0.39 is 0 Å². The fraction of sp³-hybridized carbons (Fsp3) is 0.200. The van der Waals surface area contributed by atoms with Gasteiger partial charge in [0.25, 0.3) is 0 Å². The van der Waals surface area contributed by atoms with Crippen molar-refractivity contribution < 1.29 is 9.31 Å². The summed E-state index contributed by atoms with van der Waals surface area (Å²) in [6.45, 7) is 8.32.